The summed E-state index contributed by atoms with van der Waals surface area (Å²) >= 11 is 0. The highest BCUT2D eigenvalue weighted by atomic mass is 16.5. The molecule has 0 spiro atoms. The number of aryl methyl sites for hydroxylation is 2. The third-order valence-corrected chi connectivity index (χ3v) is 4.66. The van der Waals surface area contributed by atoms with Crippen LogP contribution in [0, 0.1) is 18.3 Å². The van der Waals surface area contributed by atoms with E-state index in [2.05, 4.69) is 16.2 Å². The van der Waals surface area contributed by atoms with E-state index in [0.29, 0.717) is 36.2 Å². The molecule has 160 valence electrons. The van der Waals surface area contributed by atoms with Crippen molar-refractivity contribution in [1.82, 2.24) is 14.7 Å². The summed E-state index contributed by atoms with van der Waals surface area (Å²) in [4.78, 5) is 16.3. The Balaban J connectivity index is 1.38. The van der Waals surface area contributed by atoms with Crippen LogP contribution in [-0.4, -0.2) is 20.7 Å². The summed E-state index contributed by atoms with van der Waals surface area (Å²) in [5.74, 6) is 1.43. The summed E-state index contributed by atoms with van der Waals surface area (Å²) in [5.41, 5.74) is 1.90. The molecule has 2 aromatic carbocycles. The van der Waals surface area contributed by atoms with Crippen LogP contribution in [0.1, 0.15) is 23.7 Å². The molecule has 0 aliphatic carbocycles. The van der Waals surface area contributed by atoms with E-state index in [9.17, 15) is 4.79 Å². The van der Waals surface area contributed by atoms with Crippen LogP contribution in [0.2, 0.25) is 0 Å². The number of carbonyl (C=O) groups excluding carboxylic acids is 1. The number of nitrogens with zero attached hydrogens (tertiary/aromatic N) is 4. The molecule has 0 N–H and O–H groups in total. The molecule has 0 fully saturated rings. The number of aromatic nitrogens is 3. The monoisotopic (exact) mass is 428 g/mol. The lowest BCUT2D eigenvalue weighted by Crippen LogP contribution is -2.03. The fourth-order valence-electron chi connectivity index (χ4n) is 3.22. The SMILES string of the molecule is Cc1noc(COc2ccc(OC(=O)C=Cc3cn(CCC#N)c4ccccc34)cc2)n1. The van der Waals surface area contributed by atoms with Gasteiger partial charge in [-0.3, -0.25) is 0 Å². The molecule has 0 aliphatic rings. The van der Waals surface area contributed by atoms with Gasteiger partial charge in [0.05, 0.1) is 12.5 Å². The first kappa shape index (κ1) is 20.9. The van der Waals surface area contributed by atoms with Crippen LogP contribution in [-0.2, 0) is 17.9 Å². The summed E-state index contributed by atoms with van der Waals surface area (Å²) < 4.78 is 17.9. The van der Waals surface area contributed by atoms with Crippen molar-refractivity contribution in [3.8, 4) is 17.6 Å². The largest absolute Gasteiger partial charge is 0.484 e. The number of hydrogen-bond donors (Lipinski definition) is 0. The number of carbonyl (C=O) groups is 1. The minimum absolute atomic E-state index is 0.157. The average molecular weight is 428 g/mol. The molecule has 0 atom stereocenters. The molecule has 0 radical (unpaired) electrons. The number of para-hydroxylation sites is 1. The lowest BCUT2D eigenvalue weighted by atomic mass is 10.1. The molecule has 8 nitrogen and oxygen atoms in total. The summed E-state index contributed by atoms with van der Waals surface area (Å²) in [6.45, 7) is 2.48. The van der Waals surface area contributed by atoms with Crippen molar-refractivity contribution >= 4 is 22.9 Å². The summed E-state index contributed by atoms with van der Waals surface area (Å²) in [7, 11) is 0. The van der Waals surface area contributed by atoms with E-state index in [0.717, 1.165) is 16.5 Å². The molecule has 0 bridgehead atoms. The number of esters is 1. The van der Waals surface area contributed by atoms with Gasteiger partial charge < -0.3 is 18.6 Å². The Labute approximate surface area is 184 Å². The fraction of sp³-hybridized carbons (Fsp3) is 0.167. The number of rotatable bonds is 8. The van der Waals surface area contributed by atoms with Crippen molar-refractivity contribution in [3.05, 3.63) is 78.1 Å². The molecule has 8 heteroatoms. The predicted molar refractivity (Wildman–Crippen MR) is 117 cm³/mol. The van der Waals surface area contributed by atoms with Gasteiger partial charge in [0.25, 0.3) is 5.89 Å². The van der Waals surface area contributed by atoms with Gasteiger partial charge in [0.2, 0.25) is 0 Å². The maximum atomic E-state index is 12.3. The van der Waals surface area contributed by atoms with Gasteiger partial charge in [0.15, 0.2) is 12.4 Å². The maximum Gasteiger partial charge on any atom is 0.336 e. The van der Waals surface area contributed by atoms with Crippen molar-refractivity contribution in [1.29, 1.82) is 5.26 Å². The van der Waals surface area contributed by atoms with E-state index in [-0.39, 0.29) is 6.61 Å². The van der Waals surface area contributed by atoms with Crippen LogP contribution < -0.4 is 9.47 Å². The first-order valence-electron chi connectivity index (χ1n) is 9.99. The quantitative estimate of drug-likeness (QED) is 0.232. The summed E-state index contributed by atoms with van der Waals surface area (Å²) in [6.07, 6.45) is 5.46. The van der Waals surface area contributed by atoms with E-state index < -0.39 is 5.97 Å². The van der Waals surface area contributed by atoms with Gasteiger partial charge in [0, 0.05) is 35.3 Å². The van der Waals surface area contributed by atoms with Gasteiger partial charge in [-0.2, -0.15) is 10.2 Å². The highest BCUT2D eigenvalue weighted by Crippen LogP contribution is 2.23. The van der Waals surface area contributed by atoms with Crippen LogP contribution >= 0.6 is 0 Å². The third-order valence-electron chi connectivity index (χ3n) is 4.66. The van der Waals surface area contributed by atoms with Crippen molar-refractivity contribution in [2.24, 2.45) is 0 Å². The summed E-state index contributed by atoms with van der Waals surface area (Å²) in [6, 6.07) is 16.7. The molecule has 4 aromatic rings. The molecule has 0 saturated carbocycles. The van der Waals surface area contributed by atoms with Crippen LogP contribution in [0.25, 0.3) is 17.0 Å². The fourth-order valence-corrected chi connectivity index (χ4v) is 3.22. The number of nitriles is 1. The molecule has 2 aromatic heterocycles. The third kappa shape index (κ3) is 5.02. The minimum atomic E-state index is -0.492. The zero-order chi connectivity index (χ0) is 22.3. The normalized spacial score (nSPS) is 11.0. The number of benzene rings is 2. The first-order valence-corrected chi connectivity index (χ1v) is 9.99. The van der Waals surface area contributed by atoms with E-state index in [1.165, 1.54) is 6.08 Å². The maximum absolute atomic E-state index is 12.3. The average Bonchev–Trinajstić information content (AvgIpc) is 3.39. The molecular weight excluding hydrogens is 408 g/mol. The molecular formula is C24H20N4O4. The van der Waals surface area contributed by atoms with Crippen molar-refractivity contribution in [2.45, 2.75) is 26.5 Å². The van der Waals surface area contributed by atoms with Crippen LogP contribution in [0.4, 0.5) is 0 Å². The van der Waals surface area contributed by atoms with Crippen LogP contribution in [0.3, 0.4) is 0 Å². The predicted octanol–water partition coefficient (Wildman–Crippen LogP) is 4.44. The zero-order valence-electron chi connectivity index (χ0n) is 17.4. The van der Waals surface area contributed by atoms with Crippen LogP contribution in [0.5, 0.6) is 11.5 Å². The lowest BCUT2D eigenvalue weighted by molar-refractivity contribution is -0.128. The topological polar surface area (TPSA) is 103 Å². The highest BCUT2D eigenvalue weighted by Gasteiger charge is 2.08. The van der Waals surface area contributed by atoms with Gasteiger partial charge in [-0.05, 0) is 43.3 Å². The molecule has 0 saturated heterocycles. The van der Waals surface area contributed by atoms with E-state index >= 15 is 0 Å². The molecule has 32 heavy (non-hydrogen) atoms. The highest BCUT2D eigenvalue weighted by molar-refractivity contribution is 5.95. The molecule has 4 rings (SSSR count). The van der Waals surface area contributed by atoms with Gasteiger partial charge >= 0.3 is 5.97 Å². The van der Waals surface area contributed by atoms with Crippen molar-refractivity contribution in [3.63, 3.8) is 0 Å². The number of fused-ring (bicyclic) bond motifs is 1. The first-order chi connectivity index (χ1) is 15.6. The minimum Gasteiger partial charge on any atom is -0.484 e. The molecule has 0 amide bonds. The van der Waals surface area contributed by atoms with Crippen molar-refractivity contribution in [2.75, 3.05) is 0 Å². The van der Waals surface area contributed by atoms with E-state index in [1.807, 2.05) is 35.0 Å². The molecule has 2 heterocycles. The van der Waals surface area contributed by atoms with Crippen LogP contribution in [0.15, 0.2) is 65.3 Å². The Morgan fingerprint density at radius 2 is 1.97 bits per heavy atom. The Bertz CT molecular complexity index is 1300. The second-order valence-electron chi connectivity index (χ2n) is 6.95. The summed E-state index contributed by atoms with van der Waals surface area (Å²) in [5, 5.41) is 13.6. The van der Waals surface area contributed by atoms with Gasteiger partial charge in [0.1, 0.15) is 11.5 Å². The zero-order valence-corrected chi connectivity index (χ0v) is 17.4. The van der Waals surface area contributed by atoms with Gasteiger partial charge in [-0.1, -0.05) is 23.4 Å². The second-order valence-corrected chi connectivity index (χ2v) is 6.95. The Morgan fingerprint density at radius 3 is 2.72 bits per heavy atom. The van der Waals surface area contributed by atoms with E-state index in [1.54, 1.807) is 37.3 Å². The Hall–Kier alpha value is -4.38. The lowest BCUT2D eigenvalue weighted by Gasteiger charge is -2.05. The number of ether oxygens (including phenoxy) is 2. The standard InChI is InChI=1S/C24H20N4O4/c1-17-26-23(32-27-17)16-30-19-8-10-20(11-9-19)31-24(29)12-7-18-15-28(14-4-13-25)22-6-3-2-5-21(18)22/h2-3,5-12,15H,4,14,16H2,1H3. The Kier molecular flexibility index (Phi) is 6.28. The van der Waals surface area contributed by atoms with Gasteiger partial charge in [-0.15, -0.1) is 0 Å². The molecule has 0 aliphatic heterocycles. The van der Waals surface area contributed by atoms with Crippen molar-refractivity contribution < 1.29 is 18.8 Å². The molecule has 0 unspecified atom stereocenters. The second kappa shape index (κ2) is 9.62. The number of hydrogen-bond acceptors (Lipinski definition) is 7. The Morgan fingerprint density at radius 1 is 1.19 bits per heavy atom. The smallest absolute Gasteiger partial charge is 0.336 e. The van der Waals surface area contributed by atoms with E-state index in [4.69, 9.17) is 19.3 Å². The van der Waals surface area contributed by atoms with Gasteiger partial charge in [-0.25, -0.2) is 4.79 Å².